The minimum Gasteiger partial charge on any atom is -0.488 e. The predicted octanol–water partition coefficient (Wildman–Crippen LogP) is 4.70. The van der Waals surface area contributed by atoms with Crippen LogP contribution in [0.1, 0.15) is 18.3 Å². The maximum absolute atomic E-state index is 12.2. The number of rotatable bonds is 7. The summed E-state index contributed by atoms with van der Waals surface area (Å²) in [7, 11) is -3.51. The fourth-order valence-electron chi connectivity index (χ4n) is 3.16. The topological polar surface area (TPSA) is 85.6 Å². The van der Waals surface area contributed by atoms with Gasteiger partial charge < -0.3 is 4.74 Å². The molecule has 4 aromatic rings. The molecule has 0 atom stereocenters. The maximum atomic E-state index is 12.2. The van der Waals surface area contributed by atoms with Crippen LogP contribution in [0.4, 0.5) is 5.69 Å². The zero-order valence-electron chi connectivity index (χ0n) is 17.0. The highest BCUT2D eigenvalue weighted by Crippen LogP contribution is 2.35. The SMILES string of the molecule is CCS(=O)(=O)Nc1cc(-c2cc(Cl)ccc2OCc2ccccc2)cn2c(C)nnc12. The lowest BCUT2D eigenvalue weighted by atomic mass is 10.1. The van der Waals surface area contributed by atoms with Gasteiger partial charge in [0.1, 0.15) is 18.2 Å². The van der Waals surface area contributed by atoms with Crippen molar-refractivity contribution in [2.75, 3.05) is 10.5 Å². The molecule has 9 heteroatoms. The summed E-state index contributed by atoms with van der Waals surface area (Å²) >= 11 is 6.28. The third-order valence-corrected chi connectivity index (χ3v) is 6.34. The number of nitrogens with one attached hydrogen (secondary N) is 1. The Labute approximate surface area is 185 Å². The monoisotopic (exact) mass is 456 g/mol. The van der Waals surface area contributed by atoms with E-state index in [0.29, 0.717) is 34.5 Å². The maximum Gasteiger partial charge on any atom is 0.232 e. The van der Waals surface area contributed by atoms with Gasteiger partial charge in [-0.1, -0.05) is 41.9 Å². The van der Waals surface area contributed by atoms with Crippen molar-refractivity contribution in [1.29, 1.82) is 0 Å². The van der Waals surface area contributed by atoms with Crippen molar-refractivity contribution in [3.05, 3.63) is 77.2 Å². The lowest BCUT2D eigenvalue weighted by Crippen LogP contribution is -2.15. The Morgan fingerprint density at radius 3 is 2.61 bits per heavy atom. The first kappa shape index (κ1) is 21.1. The molecule has 2 aromatic carbocycles. The van der Waals surface area contributed by atoms with Crippen molar-refractivity contribution in [2.24, 2.45) is 0 Å². The van der Waals surface area contributed by atoms with Gasteiger partial charge in [0, 0.05) is 22.3 Å². The molecule has 0 saturated carbocycles. The van der Waals surface area contributed by atoms with E-state index in [9.17, 15) is 8.42 Å². The van der Waals surface area contributed by atoms with Gasteiger partial charge in [-0.3, -0.25) is 9.12 Å². The van der Waals surface area contributed by atoms with E-state index in [-0.39, 0.29) is 5.75 Å². The fraction of sp³-hybridized carbons (Fsp3) is 0.182. The number of halogens is 1. The van der Waals surface area contributed by atoms with Gasteiger partial charge in [0.05, 0.1) is 11.4 Å². The zero-order chi connectivity index (χ0) is 22.0. The number of aryl methyl sites for hydroxylation is 1. The number of hydrogen-bond acceptors (Lipinski definition) is 5. The van der Waals surface area contributed by atoms with E-state index in [1.807, 2.05) is 36.5 Å². The molecule has 0 bridgehead atoms. The summed E-state index contributed by atoms with van der Waals surface area (Å²) in [6, 6.07) is 16.9. The van der Waals surface area contributed by atoms with Crippen LogP contribution in [0.5, 0.6) is 5.75 Å². The molecule has 4 rings (SSSR count). The van der Waals surface area contributed by atoms with Crippen LogP contribution in [0.25, 0.3) is 16.8 Å². The Bertz CT molecular complexity index is 1340. The summed E-state index contributed by atoms with van der Waals surface area (Å²) in [4.78, 5) is 0. The third kappa shape index (κ3) is 4.65. The van der Waals surface area contributed by atoms with E-state index >= 15 is 0 Å². The predicted molar refractivity (Wildman–Crippen MR) is 122 cm³/mol. The van der Waals surface area contributed by atoms with Crippen LogP contribution < -0.4 is 9.46 Å². The zero-order valence-corrected chi connectivity index (χ0v) is 18.6. The van der Waals surface area contributed by atoms with Crippen LogP contribution in [0, 0.1) is 6.92 Å². The van der Waals surface area contributed by atoms with Crippen LogP contribution in [0.2, 0.25) is 5.02 Å². The second-order valence-electron chi connectivity index (χ2n) is 7.00. The van der Waals surface area contributed by atoms with Gasteiger partial charge in [-0.25, -0.2) is 8.42 Å². The number of fused-ring (bicyclic) bond motifs is 1. The second kappa shape index (κ2) is 8.56. The Hall–Kier alpha value is -3.10. The largest absolute Gasteiger partial charge is 0.488 e. The third-order valence-electron chi connectivity index (χ3n) is 4.81. The van der Waals surface area contributed by atoms with Gasteiger partial charge in [0.25, 0.3) is 0 Å². The molecule has 0 aliphatic rings. The number of hydrogen-bond donors (Lipinski definition) is 1. The van der Waals surface area contributed by atoms with E-state index < -0.39 is 10.0 Å². The molecule has 0 unspecified atom stereocenters. The number of benzene rings is 2. The number of nitrogens with zero attached hydrogens (tertiary/aromatic N) is 3. The van der Waals surface area contributed by atoms with Gasteiger partial charge >= 0.3 is 0 Å². The van der Waals surface area contributed by atoms with E-state index in [1.165, 1.54) is 0 Å². The molecule has 2 heterocycles. The fourth-order valence-corrected chi connectivity index (χ4v) is 3.96. The molecule has 7 nitrogen and oxygen atoms in total. The summed E-state index contributed by atoms with van der Waals surface area (Å²) in [5.41, 5.74) is 3.25. The summed E-state index contributed by atoms with van der Waals surface area (Å²) in [5.74, 6) is 1.20. The Morgan fingerprint density at radius 1 is 1.10 bits per heavy atom. The van der Waals surface area contributed by atoms with Crippen molar-refractivity contribution in [1.82, 2.24) is 14.6 Å². The van der Waals surface area contributed by atoms with Gasteiger partial charge in [0.15, 0.2) is 5.65 Å². The average molecular weight is 457 g/mol. The summed E-state index contributed by atoms with van der Waals surface area (Å²) in [6.07, 6.45) is 1.84. The second-order valence-corrected chi connectivity index (χ2v) is 9.45. The van der Waals surface area contributed by atoms with Crippen molar-refractivity contribution in [3.63, 3.8) is 0 Å². The number of ether oxygens (including phenoxy) is 1. The lowest BCUT2D eigenvalue weighted by Gasteiger charge is -2.15. The van der Waals surface area contributed by atoms with Crippen molar-refractivity contribution in [3.8, 4) is 16.9 Å². The summed E-state index contributed by atoms with van der Waals surface area (Å²) in [6.45, 7) is 3.76. The van der Waals surface area contributed by atoms with E-state index in [2.05, 4.69) is 14.9 Å². The van der Waals surface area contributed by atoms with Gasteiger partial charge in [-0.15, -0.1) is 10.2 Å². The Kier molecular flexibility index (Phi) is 5.84. The molecule has 0 spiro atoms. The normalized spacial score (nSPS) is 11.6. The Morgan fingerprint density at radius 2 is 1.87 bits per heavy atom. The highest BCUT2D eigenvalue weighted by atomic mass is 35.5. The van der Waals surface area contributed by atoms with E-state index in [4.69, 9.17) is 16.3 Å². The minimum absolute atomic E-state index is 0.0564. The van der Waals surface area contributed by atoms with Crippen LogP contribution >= 0.6 is 11.6 Å². The molecule has 2 aromatic heterocycles. The molecule has 160 valence electrons. The Balaban J connectivity index is 1.81. The molecule has 31 heavy (non-hydrogen) atoms. The highest BCUT2D eigenvalue weighted by molar-refractivity contribution is 7.92. The molecule has 0 aliphatic heterocycles. The van der Waals surface area contributed by atoms with Crippen LogP contribution in [0.15, 0.2) is 60.8 Å². The summed E-state index contributed by atoms with van der Waals surface area (Å²) < 4.78 is 34.9. The van der Waals surface area contributed by atoms with Crippen molar-refractivity contribution < 1.29 is 13.2 Å². The molecule has 1 N–H and O–H groups in total. The number of sulfonamides is 1. The first-order valence-corrected chi connectivity index (χ1v) is 11.7. The summed E-state index contributed by atoms with van der Waals surface area (Å²) in [5, 5.41) is 8.74. The highest BCUT2D eigenvalue weighted by Gasteiger charge is 2.17. The minimum atomic E-state index is -3.51. The van der Waals surface area contributed by atoms with Gasteiger partial charge in [0.2, 0.25) is 10.0 Å². The van der Waals surface area contributed by atoms with E-state index in [0.717, 1.165) is 16.7 Å². The molecular formula is C22H21ClN4O3S. The first-order chi connectivity index (χ1) is 14.9. The first-order valence-electron chi connectivity index (χ1n) is 9.69. The smallest absolute Gasteiger partial charge is 0.232 e. The van der Waals surface area contributed by atoms with Gasteiger partial charge in [-0.2, -0.15) is 0 Å². The van der Waals surface area contributed by atoms with Crippen LogP contribution in [0.3, 0.4) is 0 Å². The van der Waals surface area contributed by atoms with Crippen LogP contribution in [-0.2, 0) is 16.6 Å². The lowest BCUT2D eigenvalue weighted by molar-refractivity contribution is 0.307. The molecule has 0 saturated heterocycles. The molecule has 0 radical (unpaired) electrons. The molecule has 0 aliphatic carbocycles. The van der Waals surface area contributed by atoms with Crippen molar-refractivity contribution in [2.45, 2.75) is 20.5 Å². The quantitative estimate of drug-likeness (QED) is 0.435. The molecule has 0 fully saturated rings. The number of pyridine rings is 1. The standard InChI is InChI=1S/C22H21ClN4O3S/c1-3-31(28,29)26-20-11-17(13-27-15(2)24-25-22(20)27)19-12-18(23)9-10-21(19)30-14-16-7-5-4-6-8-16/h4-13,26H,3,14H2,1-2H3. The molecule has 0 amide bonds. The average Bonchev–Trinajstić information content (AvgIpc) is 3.14. The van der Waals surface area contributed by atoms with E-state index in [1.54, 1.807) is 42.5 Å². The molecular weight excluding hydrogens is 436 g/mol. The number of anilines is 1. The number of aromatic nitrogens is 3. The van der Waals surface area contributed by atoms with Crippen molar-refractivity contribution >= 4 is 33.0 Å². The van der Waals surface area contributed by atoms with Crippen LogP contribution in [-0.4, -0.2) is 28.8 Å². The van der Waals surface area contributed by atoms with Gasteiger partial charge in [-0.05, 0) is 43.7 Å².